The zero-order valence-corrected chi connectivity index (χ0v) is 13.0. The zero-order valence-electron chi connectivity index (χ0n) is 13.0. The number of amides is 1. The van der Waals surface area contributed by atoms with E-state index in [1.165, 1.54) is 6.92 Å². The van der Waals surface area contributed by atoms with Crippen molar-refractivity contribution in [2.24, 2.45) is 5.92 Å². The van der Waals surface area contributed by atoms with Crippen LogP contribution in [-0.2, 0) is 23.8 Å². The van der Waals surface area contributed by atoms with E-state index < -0.39 is 17.8 Å². The highest BCUT2D eigenvalue weighted by molar-refractivity contribution is 5.79. The Morgan fingerprint density at radius 3 is 2.78 bits per heavy atom. The molecular formula is C16H18F3N3O. The van der Waals surface area contributed by atoms with Crippen LogP contribution < -0.4 is 5.32 Å². The Labute approximate surface area is 132 Å². The van der Waals surface area contributed by atoms with Crippen LogP contribution in [0.15, 0.2) is 0 Å². The van der Waals surface area contributed by atoms with Gasteiger partial charge in [-0.3, -0.25) is 4.79 Å². The monoisotopic (exact) mass is 325 g/mol. The Balaban J connectivity index is 2.16. The number of nitrogens with one attached hydrogen (secondary N) is 1. The first kappa shape index (κ1) is 17.3. The van der Waals surface area contributed by atoms with Crippen molar-refractivity contribution in [2.75, 3.05) is 6.54 Å². The van der Waals surface area contributed by atoms with Crippen molar-refractivity contribution in [1.29, 1.82) is 0 Å². The number of rotatable bonds is 3. The first-order valence-corrected chi connectivity index (χ1v) is 7.43. The van der Waals surface area contributed by atoms with E-state index in [4.69, 9.17) is 0 Å². The molecule has 0 radical (unpaired) electrons. The highest BCUT2D eigenvalue weighted by Crippen LogP contribution is 2.35. The molecule has 1 aliphatic carbocycles. The van der Waals surface area contributed by atoms with Gasteiger partial charge >= 0.3 is 6.18 Å². The molecule has 1 aliphatic rings. The summed E-state index contributed by atoms with van der Waals surface area (Å²) in [7, 11) is 0. The molecule has 0 spiro atoms. The van der Waals surface area contributed by atoms with E-state index in [1.54, 1.807) is 6.92 Å². The Morgan fingerprint density at radius 2 is 2.13 bits per heavy atom. The smallest absolute Gasteiger partial charge is 0.355 e. The number of fused-ring (bicyclic) bond motifs is 1. The second-order valence-electron chi connectivity index (χ2n) is 5.45. The summed E-state index contributed by atoms with van der Waals surface area (Å²) >= 11 is 0. The first-order chi connectivity index (χ1) is 10.8. The average Bonchev–Trinajstić information content (AvgIpc) is 2.49. The van der Waals surface area contributed by atoms with Gasteiger partial charge in [-0.2, -0.15) is 13.2 Å². The molecule has 1 heterocycles. The van der Waals surface area contributed by atoms with E-state index in [1.807, 2.05) is 0 Å². The predicted octanol–water partition coefficient (Wildman–Crippen LogP) is 2.44. The van der Waals surface area contributed by atoms with Gasteiger partial charge in [0.1, 0.15) is 5.82 Å². The molecule has 1 N–H and O–H groups in total. The Morgan fingerprint density at radius 1 is 1.39 bits per heavy atom. The maximum atomic E-state index is 13.2. The maximum Gasteiger partial charge on any atom is 0.433 e. The van der Waals surface area contributed by atoms with E-state index in [0.717, 1.165) is 0 Å². The summed E-state index contributed by atoms with van der Waals surface area (Å²) in [5.41, 5.74) is -0.442. The van der Waals surface area contributed by atoms with E-state index in [-0.39, 0.29) is 23.7 Å². The lowest BCUT2D eigenvalue weighted by Crippen LogP contribution is -2.35. The number of carbonyl (C=O) groups excluding carboxylic acids is 1. The van der Waals surface area contributed by atoms with Crippen LogP contribution in [-0.4, -0.2) is 22.4 Å². The molecule has 0 unspecified atom stereocenters. The van der Waals surface area contributed by atoms with Crippen molar-refractivity contribution < 1.29 is 18.0 Å². The lowest BCUT2D eigenvalue weighted by Gasteiger charge is -2.25. The summed E-state index contributed by atoms with van der Waals surface area (Å²) in [6.07, 6.45) is -3.13. The fourth-order valence-electron chi connectivity index (χ4n) is 2.71. The van der Waals surface area contributed by atoms with Crippen molar-refractivity contribution in [2.45, 2.75) is 45.7 Å². The number of hydrogen-bond donors (Lipinski definition) is 1. The Kier molecular flexibility index (Phi) is 5.24. The molecule has 7 heteroatoms. The number of aromatic nitrogens is 2. The van der Waals surface area contributed by atoms with Gasteiger partial charge in [0.2, 0.25) is 5.91 Å². The van der Waals surface area contributed by atoms with Crippen LogP contribution in [0.4, 0.5) is 13.2 Å². The average molecular weight is 325 g/mol. The molecule has 124 valence electrons. The van der Waals surface area contributed by atoms with Gasteiger partial charge in [0.15, 0.2) is 5.69 Å². The van der Waals surface area contributed by atoms with E-state index in [2.05, 4.69) is 27.1 Å². The van der Waals surface area contributed by atoms with E-state index in [9.17, 15) is 18.0 Å². The lowest BCUT2D eigenvalue weighted by atomic mass is 9.85. The minimum Gasteiger partial charge on any atom is -0.355 e. The van der Waals surface area contributed by atoms with Gasteiger partial charge in [-0.15, -0.1) is 11.8 Å². The highest BCUT2D eigenvalue weighted by atomic mass is 19.4. The summed E-state index contributed by atoms with van der Waals surface area (Å²) in [6.45, 7) is 3.56. The lowest BCUT2D eigenvalue weighted by molar-refractivity contribution is -0.142. The second-order valence-corrected chi connectivity index (χ2v) is 5.45. The van der Waals surface area contributed by atoms with Crippen LogP contribution in [0.5, 0.6) is 0 Å². The van der Waals surface area contributed by atoms with E-state index >= 15 is 0 Å². The molecule has 0 bridgehead atoms. The molecule has 0 saturated carbocycles. The molecule has 23 heavy (non-hydrogen) atoms. The van der Waals surface area contributed by atoms with Gasteiger partial charge in [-0.1, -0.05) is 0 Å². The minimum atomic E-state index is -4.53. The fourth-order valence-corrected chi connectivity index (χ4v) is 2.71. The molecule has 0 aromatic carbocycles. The molecule has 0 aliphatic heterocycles. The first-order valence-electron chi connectivity index (χ1n) is 7.43. The maximum absolute atomic E-state index is 13.2. The van der Waals surface area contributed by atoms with Crippen LogP contribution in [0.2, 0.25) is 0 Å². The third kappa shape index (κ3) is 4.21. The summed E-state index contributed by atoms with van der Waals surface area (Å²) in [5, 5.41) is 2.72. The summed E-state index contributed by atoms with van der Waals surface area (Å²) < 4.78 is 39.5. The predicted molar refractivity (Wildman–Crippen MR) is 78.4 cm³/mol. The molecule has 1 aromatic heterocycles. The largest absolute Gasteiger partial charge is 0.433 e. The Hall–Kier alpha value is -2.10. The number of carbonyl (C=O) groups is 1. The number of nitrogens with zero attached hydrogens (tertiary/aromatic N) is 2. The standard InChI is InChI=1S/C16H18F3N3O/c1-3-4-5-8-20-15(23)11-6-7-13-12(9-11)14(16(17,18)19)22-10(2)21-13/h11H,5-9H2,1-2H3,(H,20,23)/t11-/m0/s1. The van der Waals surface area contributed by atoms with Crippen LogP contribution in [0.25, 0.3) is 0 Å². The number of aryl methyl sites for hydroxylation is 2. The van der Waals surface area contributed by atoms with E-state index in [0.29, 0.717) is 31.5 Å². The number of alkyl halides is 3. The van der Waals surface area contributed by atoms with Crippen molar-refractivity contribution in [3.05, 3.63) is 22.8 Å². The third-order valence-electron chi connectivity index (χ3n) is 3.75. The topological polar surface area (TPSA) is 54.9 Å². The van der Waals surface area contributed by atoms with Crippen molar-refractivity contribution in [3.63, 3.8) is 0 Å². The highest BCUT2D eigenvalue weighted by Gasteiger charge is 2.39. The summed E-state index contributed by atoms with van der Waals surface area (Å²) in [5.74, 6) is 4.94. The van der Waals surface area contributed by atoms with Crippen molar-refractivity contribution in [3.8, 4) is 11.8 Å². The third-order valence-corrected chi connectivity index (χ3v) is 3.75. The van der Waals surface area contributed by atoms with Crippen LogP contribution in [0, 0.1) is 24.7 Å². The molecule has 0 fully saturated rings. The SMILES string of the molecule is CC#CCCNC(=O)[C@H]1CCc2nc(C)nc(C(F)(F)F)c2C1. The quantitative estimate of drug-likeness (QED) is 0.686. The second kappa shape index (κ2) is 6.99. The zero-order chi connectivity index (χ0) is 17.0. The van der Waals surface area contributed by atoms with Gasteiger partial charge in [0.05, 0.1) is 0 Å². The molecular weight excluding hydrogens is 307 g/mol. The molecule has 0 saturated heterocycles. The molecule has 1 atom stereocenters. The van der Waals surface area contributed by atoms with Crippen LogP contribution >= 0.6 is 0 Å². The van der Waals surface area contributed by atoms with Gasteiger partial charge in [-0.05, 0) is 33.1 Å². The molecule has 1 aromatic rings. The van der Waals surface area contributed by atoms with Crippen LogP contribution in [0.3, 0.4) is 0 Å². The molecule has 2 rings (SSSR count). The van der Waals surface area contributed by atoms with Crippen molar-refractivity contribution in [1.82, 2.24) is 15.3 Å². The molecule has 4 nitrogen and oxygen atoms in total. The fraction of sp³-hybridized carbons (Fsp3) is 0.562. The van der Waals surface area contributed by atoms with Crippen LogP contribution in [0.1, 0.15) is 42.5 Å². The van der Waals surface area contributed by atoms with Gasteiger partial charge < -0.3 is 5.32 Å². The molecule has 1 amide bonds. The normalized spacial score (nSPS) is 17.0. The summed E-state index contributed by atoms with van der Waals surface area (Å²) in [6, 6.07) is 0. The summed E-state index contributed by atoms with van der Waals surface area (Å²) in [4.78, 5) is 19.8. The van der Waals surface area contributed by atoms with Crippen molar-refractivity contribution >= 4 is 5.91 Å². The Bertz CT molecular complexity index is 659. The minimum absolute atomic E-state index is 0.0236. The number of halogens is 3. The number of hydrogen-bond acceptors (Lipinski definition) is 3. The van der Waals surface area contributed by atoms with Gasteiger partial charge in [0, 0.05) is 30.1 Å². The van der Waals surface area contributed by atoms with Gasteiger partial charge in [0.25, 0.3) is 0 Å². The van der Waals surface area contributed by atoms with Gasteiger partial charge in [-0.25, -0.2) is 9.97 Å².